The molecule has 0 aliphatic carbocycles. The molecule has 9 heteroatoms. The van der Waals surface area contributed by atoms with E-state index in [-0.39, 0.29) is 10.6 Å². The molecule has 0 saturated heterocycles. The van der Waals surface area contributed by atoms with Crippen LogP contribution in [0.3, 0.4) is 0 Å². The fourth-order valence-corrected chi connectivity index (χ4v) is 2.43. The molecule has 0 bridgehead atoms. The van der Waals surface area contributed by atoms with Crippen LogP contribution in [0, 0.1) is 11.6 Å². The van der Waals surface area contributed by atoms with Gasteiger partial charge in [0.1, 0.15) is 13.2 Å². The largest absolute Gasteiger partial charge is 0.486 e. The molecule has 0 spiro atoms. The Labute approximate surface area is 151 Å². The highest BCUT2D eigenvalue weighted by atomic mass is 35.5. The van der Waals surface area contributed by atoms with Crippen LogP contribution < -0.4 is 14.8 Å². The van der Waals surface area contributed by atoms with E-state index < -0.39 is 30.1 Å². The maximum absolute atomic E-state index is 13.2. The Morgan fingerprint density at radius 3 is 2.54 bits per heavy atom. The molecular weight excluding hydrogens is 372 g/mol. The monoisotopic (exact) mass is 383 g/mol. The number of fused-ring (bicyclic) bond motifs is 1. The number of amides is 1. The number of halogens is 3. The second-order valence-corrected chi connectivity index (χ2v) is 5.64. The molecule has 1 amide bonds. The molecule has 0 fully saturated rings. The van der Waals surface area contributed by atoms with Gasteiger partial charge in [0.05, 0.1) is 10.6 Å². The standard InChI is InChI=1S/C17H12ClF2NO5/c18-11-7-13(20)12(19)6-10(11)17(23)26-8-16(22)21-9-1-2-14-15(5-9)25-4-3-24-14/h1-2,5-7H,3-4,8H2,(H,21,22). The summed E-state index contributed by atoms with van der Waals surface area (Å²) in [6.45, 7) is 0.209. The molecule has 6 nitrogen and oxygen atoms in total. The summed E-state index contributed by atoms with van der Waals surface area (Å²) < 4.78 is 41.7. The minimum absolute atomic E-state index is 0.318. The number of esters is 1. The molecule has 0 radical (unpaired) electrons. The van der Waals surface area contributed by atoms with Gasteiger partial charge in [0.25, 0.3) is 5.91 Å². The van der Waals surface area contributed by atoms with Crippen molar-refractivity contribution in [2.45, 2.75) is 0 Å². The van der Waals surface area contributed by atoms with E-state index in [0.29, 0.717) is 42.5 Å². The zero-order valence-electron chi connectivity index (χ0n) is 13.2. The Hall–Kier alpha value is -2.87. The van der Waals surface area contributed by atoms with Gasteiger partial charge in [-0.25, -0.2) is 13.6 Å². The van der Waals surface area contributed by atoms with Gasteiger partial charge in [-0.3, -0.25) is 4.79 Å². The minimum Gasteiger partial charge on any atom is -0.486 e. The molecule has 1 aliphatic heterocycles. The van der Waals surface area contributed by atoms with Crippen LogP contribution in [0.15, 0.2) is 30.3 Å². The van der Waals surface area contributed by atoms with Gasteiger partial charge < -0.3 is 19.5 Å². The van der Waals surface area contributed by atoms with E-state index in [2.05, 4.69) is 5.32 Å². The predicted molar refractivity (Wildman–Crippen MR) is 87.7 cm³/mol. The number of carbonyl (C=O) groups excluding carboxylic acids is 2. The summed E-state index contributed by atoms with van der Waals surface area (Å²) >= 11 is 5.68. The summed E-state index contributed by atoms with van der Waals surface area (Å²) in [5.41, 5.74) is 0.0406. The van der Waals surface area contributed by atoms with Gasteiger partial charge in [-0.2, -0.15) is 0 Å². The molecule has 0 atom stereocenters. The molecule has 1 heterocycles. The van der Waals surface area contributed by atoms with Crippen molar-refractivity contribution in [3.63, 3.8) is 0 Å². The quantitative estimate of drug-likeness (QED) is 0.648. The average molecular weight is 384 g/mol. The lowest BCUT2D eigenvalue weighted by Gasteiger charge is -2.19. The van der Waals surface area contributed by atoms with Crippen molar-refractivity contribution >= 4 is 29.2 Å². The smallest absolute Gasteiger partial charge is 0.340 e. The van der Waals surface area contributed by atoms with Gasteiger partial charge in [0, 0.05) is 11.8 Å². The van der Waals surface area contributed by atoms with Crippen LogP contribution in [0.1, 0.15) is 10.4 Å². The number of benzene rings is 2. The SMILES string of the molecule is O=C(COC(=O)c1cc(F)c(F)cc1Cl)Nc1ccc2c(c1)OCCO2. The second-order valence-electron chi connectivity index (χ2n) is 5.23. The van der Waals surface area contributed by atoms with Crippen LogP contribution in [-0.2, 0) is 9.53 Å². The number of hydrogen-bond acceptors (Lipinski definition) is 5. The fraction of sp³-hybridized carbons (Fsp3) is 0.176. The van der Waals surface area contributed by atoms with E-state index >= 15 is 0 Å². The molecule has 136 valence electrons. The molecule has 2 aromatic carbocycles. The average Bonchev–Trinajstić information content (AvgIpc) is 2.62. The van der Waals surface area contributed by atoms with E-state index in [4.69, 9.17) is 25.8 Å². The summed E-state index contributed by atoms with van der Waals surface area (Å²) in [5, 5.41) is 2.20. The van der Waals surface area contributed by atoms with E-state index in [1.807, 2.05) is 0 Å². The van der Waals surface area contributed by atoms with E-state index in [1.165, 1.54) is 0 Å². The molecule has 0 aromatic heterocycles. The number of nitrogens with one attached hydrogen (secondary N) is 1. The third-order valence-corrected chi connectivity index (χ3v) is 3.70. The summed E-state index contributed by atoms with van der Waals surface area (Å²) in [6, 6.07) is 6.07. The van der Waals surface area contributed by atoms with Crippen molar-refractivity contribution in [1.82, 2.24) is 0 Å². The third kappa shape index (κ3) is 4.02. The Morgan fingerprint density at radius 2 is 1.77 bits per heavy atom. The number of ether oxygens (including phenoxy) is 3. The molecule has 3 rings (SSSR count). The number of anilines is 1. The Morgan fingerprint density at radius 1 is 1.08 bits per heavy atom. The first-order valence-corrected chi connectivity index (χ1v) is 7.83. The molecule has 1 N–H and O–H groups in total. The van der Waals surface area contributed by atoms with E-state index in [1.54, 1.807) is 18.2 Å². The first-order chi connectivity index (χ1) is 12.4. The van der Waals surface area contributed by atoms with Crippen LogP contribution in [-0.4, -0.2) is 31.7 Å². The summed E-state index contributed by atoms with van der Waals surface area (Å²) in [7, 11) is 0. The topological polar surface area (TPSA) is 73.9 Å². The first kappa shape index (κ1) is 17.9. The van der Waals surface area contributed by atoms with Crippen LogP contribution in [0.25, 0.3) is 0 Å². The van der Waals surface area contributed by atoms with Crippen LogP contribution in [0.4, 0.5) is 14.5 Å². The zero-order chi connectivity index (χ0) is 18.7. The van der Waals surface area contributed by atoms with Gasteiger partial charge >= 0.3 is 5.97 Å². The second kappa shape index (κ2) is 7.57. The maximum atomic E-state index is 13.2. The van der Waals surface area contributed by atoms with Gasteiger partial charge in [0.15, 0.2) is 29.7 Å². The molecule has 1 aliphatic rings. The van der Waals surface area contributed by atoms with Crippen LogP contribution in [0.5, 0.6) is 11.5 Å². The number of carbonyl (C=O) groups is 2. The van der Waals surface area contributed by atoms with Gasteiger partial charge in [0.2, 0.25) is 0 Å². The lowest BCUT2D eigenvalue weighted by Crippen LogP contribution is -2.21. The molecule has 0 unspecified atom stereocenters. The Bertz CT molecular complexity index is 874. The van der Waals surface area contributed by atoms with Gasteiger partial charge in [-0.15, -0.1) is 0 Å². The third-order valence-electron chi connectivity index (χ3n) is 3.39. The molecule has 26 heavy (non-hydrogen) atoms. The molecule has 2 aromatic rings. The Balaban J connectivity index is 1.59. The van der Waals surface area contributed by atoms with E-state index in [9.17, 15) is 18.4 Å². The van der Waals surface area contributed by atoms with Crippen LogP contribution in [0.2, 0.25) is 5.02 Å². The lowest BCUT2D eigenvalue weighted by molar-refractivity contribution is -0.119. The summed E-state index contributed by atoms with van der Waals surface area (Å²) in [6.07, 6.45) is 0. The summed E-state index contributed by atoms with van der Waals surface area (Å²) in [4.78, 5) is 23.8. The van der Waals surface area contributed by atoms with Crippen molar-refractivity contribution in [3.05, 3.63) is 52.6 Å². The minimum atomic E-state index is -1.25. The van der Waals surface area contributed by atoms with Crippen molar-refractivity contribution in [2.75, 3.05) is 25.1 Å². The van der Waals surface area contributed by atoms with Crippen molar-refractivity contribution < 1.29 is 32.6 Å². The van der Waals surface area contributed by atoms with E-state index in [0.717, 1.165) is 0 Å². The fourth-order valence-electron chi connectivity index (χ4n) is 2.21. The highest BCUT2D eigenvalue weighted by molar-refractivity contribution is 6.33. The normalized spacial score (nSPS) is 12.4. The van der Waals surface area contributed by atoms with Gasteiger partial charge in [-0.05, 0) is 24.3 Å². The van der Waals surface area contributed by atoms with Crippen molar-refractivity contribution in [3.8, 4) is 11.5 Å². The predicted octanol–water partition coefficient (Wildman–Crippen LogP) is 3.18. The molecule has 0 saturated carbocycles. The van der Waals surface area contributed by atoms with Crippen molar-refractivity contribution in [2.24, 2.45) is 0 Å². The zero-order valence-corrected chi connectivity index (χ0v) is 13.9. The highest BCUT2D eigenvalue weighted by Crippen LogP contribution is 2.32. The van der Waals surface area contributed by atoms with Crippen LogP contribution >= 0.6 is 11.6 Å². The number of hydrogen-bond donors (Lipinski definition) is 1. The highest BCUT2D eigenvalue weighted by Gasteiger charge is 2.18. The maximum Gasteiger partial charge on any atom is 0.340 e. The Kier molecular flexibility index (Phi) is 5.22. The van der Waals surface area contributed by atoms with Crippen molar-refractivity contribution in [1.29, 1.82) is 0 Å². The first-order valence-electron chi connectivity index (χ1n) is 7.45. The van der Waals surface area contributed by atoms with Gasteiger partial charge in [-0.1, -0.05) is 11.6 Å². The summed E-state index contributed by atoms with van der Waals surface area (Å²) in [5.74, 6) is -3.07. The lowest BCUT2D eigenvalue weighted by atomic mass is 10.2. The number of rotatable bonds is 4. The molecular formula is C17H12ClF2NO5.